The molecule has 5 heteroatoms. The highest BCUT2D eigenvalue weighted by molar-refractivity contribution is 5.95. The van der Waals surface area contributed by atoms with Crippen molar-refractivity contribution in [2.75, 3.05) is 4.90 Å². The van der Waals surface area contributed by atoms with Gasteiger partial charge in [0.15, 0.2) is 5.72 Å². The van der Waals surface area contributed by atoms with Gasteiger partial charge in [-0.3, -0.25) is 4.90 Å². The minimum Gasteiger partial charge on any atom is -0.467 e. The van der Waals surface area contributed by atoms with E-state index in [0.717, 1.165) is 28.3 Å². The van der Waals surface area contributed by atoms with Crippen LogP contribution in [0, 0.1) is 0 Å². The monoisotopic (exact) mass is 346 g/mol. The summed E-state index contributed by atoms with van der Waals surface area (Å²) < 4.78 is 11.8. The molecular weight excluding hydrogens is 328 g/mol. The second-order valence-corrected chi connectivity index (χ2v) is 6.88. The highest BCUT2D eigenvalue weighted by atomic mass is 16.5. The van der Waals surface area contributed by atoms with Gasteiger partial charge in [-0.05, 0) is 37.3 Å². The van der Waals surface area contributed by atoms with Crippen molar-refractivity contribution >= 4 is 11.7 Å². The molecule has 1 aromatic heterocycles. The van der Waals surface area contributed by atoms with Crippen molar-refractivity contribution in [1.82, 2.24) is 5.32 Å². The first kappa shape index (κ1) is 15.1. The van der Waals surface area contributed by atoms with E-state index in [-0.39, 0.29) is 12.1 Å². The summed E-state index contributed by atoms with van der Waals surface area (Å²) >= 11 is 0. The Balaban J connectivity index is 1.58. The molecule has 2 amide bonds. The summed E-state index contributed by atoms with van der Waals surface area (Å²) in [4.78, 5) is 14.6. The molecule has 2 aromatic carbocycles. The number of fused-ring (bicyclic) bond motifs is 4. The lowest BCUT2D eigenvalue weighted by Gasteiger charge is -2.50. The normalized spacial score (nSPS) is 23.8. The number of anilines is 1. The lowest BCUT2D eigenvalue weighted by Crippen LogP contribution is -2.65. The largest absolute Gasteiger partial charge is 0.467 e. The first-order chi connectivity index (χ1) is 12.6. The summed E-state index contributed by atoms with van der Waals surface area (Å²) in [6.07, 6.45) is 2.32. The van der Waals surface area contributed by atoms with Crippen molar-refractivity contribution in [3.05, 3.63) is 72.5 Å². The van der Waals surface area contributed by atoms with Gasteiger partial charge < -0.3 is 14.5 Å². The van der Waals surface area contributed by atoms with Gasteiger partial charge in [0.1, 0.15) is 11.5 Å². The zero-order valence-corrected chi connectivity index (χ0v) is 14.3. The number of benzene rings is 2. The Morgan fingerprint density at radius 3 is 2.85 bits per heavy atom. The maximum atomic E-state index is 12.9. The van der Waals surface area contributed by atoms with E-state index in [1.165, 1.54) is 0 Å². The molecule has 2 aliphatic heterocycles. The Morgan fingerprint density at radius 2 is 2.00 bits per heavy atom. The average Bonchev–Trinajstić information content (AvgIpc) is 3.16. The highest BCUT2D eigenvalue weighted by Gasteiger charge is 2.49. The van der Waals surface area contributed by atoms with Gasteiger partial charge in [-0.1, -0.05) is 30.3 Å². The van der Waals surface area contributed by atoms with Gasteiger partial charge in [0, 0.05) is 17.5 Å². The maximum Gasteiger partial charge on any atom is 0.325 e. The van der Waals surface area contributed by atoms with Crippen LogP contribution in [0.1, 0.15) is 24.9 Å². The molecule has 0 aliphatic carbocycles. The van der Waals surface area contributed by atoms with E-state index in [1.54, 1.807) is 11.2 Å². The smallest absolute Gasteiger partial charge is 0.325 e. The van der Waals surface area contributed by atoms with Crippen LogP contribution in [0.15, 0.2) is 71.3 Å². The van der Waals surface area contributed by atoms with Gasteiger partial charge in [-0.25, -0.2) is 4.79 Å². The minimum atomic E-state index is -0.747. The standard InChI is InChI=1S/C21H18N2O3/c1-21-13-17(16-8-2-3-9-19(16)26-21)22-20(24)23(21)15-7-4-6-14(12-15)18-10-5-11-25-18/h2-12,17H,13H2,1H3,(H,22,24). The van der Waals surface area contributed by atoms with Gasteiger partial charge >= 0.3 is 6.03 Å². The van der Waals surface area contributed by atoms with Gasteiger partial charge in [-0.2, -0.15) is 0 Å². The first-order valence-electron chi connectivity index (χ1n) is 8.67. The fraction of sp³-hybridized carbons (Fsp3) is 0.190. The molecule has 0 radical (unpaired) electrons. The summed E-state index contributed by atoms with van der Waals surface area (Å²) in [7, 11) is 0. The predicted octanol–water partition coefficient (Wildman–Crippen LogP) is 4.72. The van der Waals surface area contributed by atoms with Gasteiger partial charge in [0.05, 0.1) is 18.0 Å². The van der Waals surface area contributed by atoms with Crippen LogP contribution < -0.4 is 15.0 Å². The molecule has 5 rings (SSSR count). The number of carbonyl (C=O) groups excluding carboxylic acids is 1. The lowest BCUT2D eigenvalue weighted by atomic mass is 9.90. The Hall–Kier alpha value is -3.21. The Bertz CT molecular complexity index is 982. The number of urea groups is 1. The molecule has 2 bridgehead atoms. The van der Waals surface area contributed by atoms with Crippen molar-refractivity contribution in [2.45, 2.75) is 25.1 Å². The number of rotatable bonds is 2. The third kappa shape index (κ3) is 2.20. The fourth-order valence-electron chi connectivity index (χ4n) is 3.95. The number of hydrogen-bond donors (Lipinski definition) is 1. The summed E-state index contributed by atoms with van der Waals surface area (Å²) in [5, 5.41) is 3.12. The van der Waals surface area contributed by atoms with E-state index in [4.69, 9.17) is 9.15 Å². The molecule has 130 valence electrons. The van der Waals surface area contributed by atoms with E-state index < -0.39 is 5.72 Å². The highest BCUT2D eigenvalue weighted by Crippen LogP contribution is 2.45. The van der Waals surface area contributed by atoms with Gasteiger partial charge in [-0.15, -0.1) is 0 Å². The average molecular weight is 346 g/mol. The second kappa shape index (κ2) is 5.39. The van der Waals surface area contributed by atoms with Crippen molar-refractivity contribution in [1.29, 1.82) is 0 Å². The fourth-order valence-corrected chi connectivity index (χ4v) is 3.95. The molecule has 1 fully saturated rings. The van der Waals surface area contributed by atoms with Crippen LogP contribution in [0.4, 0.5) is 10.5 Å². The van der Waals surface area contributed by atoms with E-state index in [2.05, 4.69) is 5.32 Å². The summed E-state index contributed by atoms with van der Waals surface area (Å²) in [6.45, 7) is 1.97. The SMILES string of the molecule is CC12CC(NC(=O)N1c1cccc(-c3ccco3)c1)c1ccccc1O2. The van der Waals surface area contributed by atoms with E-state index in [0.29, 0.717) is 6.42 Å². The van der Waals surface area contributed by atoms with E-state index >= 15 is 0 Å². The number of amides is 2. The second-order valence-electron chi connectivity index (χ2n) is 6.88. The number of nitrogens with one attached hydrogen (secondary N) is 1. The van der Waals surface area contributed by atoms with Gasteiger partial charge in [0.25, 0.3) is 0 Å². The third-order valence-corrected chi connectivity index (χ3v) is 5.09. The van der Waals surface area contributed by atoms with Crippen molar-refractivity contribution in [3.8, 4) is 17.1 Å². The third-order valence-electron chi connectivity index (χ3n) is 5.09. The van der Waals surface area contributed by atoms with Crippen LogP contribution in [0.2, 0.25) is 0 Å². The van der Waals surface area contributed by atoms with E-state index in [1.807, 2.05) is 67.6 Å². The Labute approximate surface area is 151 Å². The molecule has 2 aliphatic rings. The summed E-state index contributed by atoms with van der Waals surface area (Å²) in [5.74, 6) is 1.58. The molecular formula is C21H18N2O3. The molecule has 2 unspecified atom stereocenters. The van der Waals surface area contributed by atoms with E-state index in [9.17, 15) is 4.79 Å². The summed E-state index contributed by atoms with van der Waals surface area (Å²) in [5.41, 5.74) is 1.98. The molecule has 0 spiro atoms. The molecule has 3 heterocycles. The van der Waals surface area contributed by atoms with Crippen LogP contribution in [0.3, 0.4) is 0 Å². The van der Waals surface area contributed by atoms with Crippen LogP contribution in [0.5, 0.6) is 5.75 Å². The molecule has 3 aromatic rings. The Morgan fingerprint density at radius 1 is 1.12 bits per heavy atom. The number of furan rings is 1. The quantitative estimate of drug-likeness (QED) is 0.731. The zero-order valence-electron chi connectivity index (χ0n) is 14.3. The summed E-state index contributed by atoms with van der Waals surface area (Å²) in [6, 6.07) is 19.2. The van der Waals surface area contributed by atoms with Crippen LogP contribution in [-0.2, 0) is 0 Å². The first-order valence-corrected chi connectivity index (χ1v) is 8.67. The maximum absolute atomic E-state index is 12.9. The number of hydrogen-bond acceptors (Lipinski definition) is 3. The molecule has 26 heavy (non-hydrogen) atoms. The molecule has 0 saturated carbocycles. The molecule has 2 atom stereocenters. The molecule has 1 saturated heterocycles. The number of para-hydroxylation sites is 1. The topological polar surface area (TPSA) is 54.7 Å². The van der Waals surface area contributed by atoms with Crippen molar-refractivity contribution in [3.63, 3.8) is 0 Å². The van der Waals surface area contributed by atoms with Crippen LogP contribution >= 0.6 is 0 Å². The molecule has 5 nitrogen and oxygen atoms in total. The van der Waals surface area contributed by atoms with Crippen molar-refractivity contribution < 1.29 is 13.9 Å². The predicted molar refractivity (Wildman–Crippen MR) is 98.0 cm³/mol. The lowest BCUT2D eigenvalue weighted by molar-refractivity contribution is 0.0379. The van der Waals surface area contributed by atoms with Crippen LogP contribution in [-0.4, -0.2) is 11.8 Å². The number of carbonyl (C=O) groups is 1. The van der Waals surface area contributed by atoms with Gasteiger partial charge in [0.2, 0.25) is 0 Å². The zero-order chi connectivity index (χ0) is 17.7. The number of nitrogens with zero attached hydrogens (tertiary/aromatic N) is 1. The number of ether oxygens (including phenoxy) is 1. The Kier molecular flexibility index (Phi) is 3.13. The minimum absolute atomic E-state index is 0.0399. The van der Waals surface area contributed by atoms with Crippen LogP contribution in [0.25, 0.3) is 11.3 Å². The molecule has 1 N–H and O–H groups in total. The van der Waals surface area contributed by atoms with Crippen molar-refractivity contribution in [2.24, 2.45) is 0 Å².